The van der Waals surface area contributed by atoms with Gasteiger partial charge in [-0.1, -0.05) is 30.3 Å². The molecule has 2 amide bonds. The first kappa shape index (κ1) is 28.1. The normalized spacial score (nSPS) is 12.8. The van der Waals surface area contributed by atoms with Gasteiger partial charge in [-0.15, -0.1) is 0 Å². The molecule has 0 radical (unpaired) electrons. The minimum Gasteiger partial charge on any atom is -0.382 e. The van der Waals surface area contributed by atoms with Gasteiger partial charge in [-0.05, 0) is 12.0 Å². The molecule has 5 N–H and O–H groups in total. The van der Waals surface area contributed by atoms with Crippen molar-refractivity contribution in [3.05, 3.63) is 53.6 Å². The highest BCUT2D eigenvalue weighted by molar-refractivity contribution is 5.97. The Hall–Kier alpha value is -3.12. The molecule has 0 spiro atoms. The zero-order chi connectivity index (χ0) is 25.6. The Bertz CT molecular complexity index is 935. The lowest BCUT2D eigenvalue weighted by molar-refractivity contribution is -0.132. The number of primary amides is 1. The van der Waals surface area contributed by atoms with Crippen LogP contribution in [-0.2, 0) is 36.6 Å². The third kappa shape index (κ3) is 9.95. The van der Waals surface area contributed by atoms with Crippen LogP contribution in [0.25, 0.3) is 0 Å². The highest BCUT2D eigenvalue weighted by atomic mass is 16.7. The SMILES string of the molecule is COCCOCOCCN(C)C(=O)CC(Cc1ccccc1)C(=O)c1nc(CC(N)C(N)=O)c[nH]1. The summed E-state index contributed by atoms with van der Waals surface area (Å²) in [4.78, 5) is 46.0. The minimum absolute atomic E-state index is 0.00536. The largest absolute Gasteiger partial charge is 0.382 e. The molecule has 2 atom stereocenters. The van der Waals surface area contributed by atoms with Gasteiger partial charge in [0.2, 0.25) is 17.6 Å². The molecule has 0 saturated heterocycles. The average Bonchev–Trinajstić information content (AvgIpc) is 3.31. The van der Waals surface area contributed by atoms with Crippen LogP contribution in [-0.4, -0.2) is 85.8 Å². The Morgan fingerprint density at radius 3 is 2.49 bits per heavy atom. The van der Waals surface area contributed by atoms with Crippen molar-refractivity contribution in [2.75, 3.05) is 47.3 Å². The highest BCUT2D eigenvalue weighted by Gasteiger charge is 2.27. The van der Waals surface area contributed by atoms with Crippen molar-refractivity contribution in [3.63, 3.8) is 0 Å². The Kier molecular flexibility index (Phi) is 12.0. The van der Waals surface area contributed by atoms with E-state index in [1.807, 2.05) is 30.3 Å². The molecule has 2 aromatic rings. The number of methoxy groups -OCH3 is 1. The zero-order valence-electron chi connectivity index (χ0n) is 20.3. The number of benzene rings is 1. The summed E-state index contributed by atoms with van der Waals surface area (Å²) in [6.45, 7) is 1.68. The van der Waals surface area contributed by atoms with E-state index in [0.29, 0.717) is 38.5 Å². The number of imidazole rings is 1. The fourth-order valence-corrected chi connectivity index (χ4v) is 3.28. The molecule has 1 aromatic carbocycles. The molecule has 1 heterocycles. The molecule has 2 unspecified atom stereocenters. The number of nitrogens with two attached hydrogens (primary N) is 2. The summed E-state index contributed by atoms with van der Waals surface area (Å²) in [5.41, 5.74) is 12.3. The van der Waals surface area contributed by atoms with Gasteiger partial charge < -0.3 is 35.6 Å². The molecular formula is C24H35N5O6. The first-order valence-electron chi connectivity index (χ1n) is 11.4. The maximum Gasteiger partial charge on any atom is 0.234 e. The van der Waals surface area contributed by atoms with E-state index >= 15 is 0 Å². The van der Waals surface area contributed by atoms with Crippen LogP contribution in [0.5, 0.6) is 0 Å². The molecule has 0 bridgehead atoms. The van der Waals surface area contributed by atoms with Crippen molar-refractivity contribution in [2.45, 2.75) is 25.3 Å². The Balaban J connectivity index is 1.99. The van der Waals surface area contributed by atoms with Gasteiger partial charge in [-0.2, -0.15) is 0 Å². The van der Waals surface area contributed by atoms with Crippen LogP contribution in [0.4, 0.5) is 0 Å². The summed E-state index contributed by atoms with van der Waals surface area (Å²) < 4.78 is 15.5. The lowest BCUT2D eigenvalue weighted by Crippen LogP contribution is -2.38. The average molecular weight is 490 g/mol. The van der Waals surface area contributed by atoms with Crippen molar-refractivity contribution in [1.29, 1.82) is 0 Å². The van der Waals surface area contributed by atoms with Crippen LogP contribution in [0.2, 0.25) is 0 Å². The second-order valence-corrected chi connectivity index (χ2v) is 8.15. The number of H-pyrrole nitrogens is 1. The molecular weight excluding hydrogens is 454 g/mol. The van der Waals surface area contributed by atoms with Gasteiger partial charge in [0.1, 0.15) is 6.79 Å². The van der Waals surface area contributed by atoms with Gasteiger partial charge in [0.25, 0.3) is 0 Å². The van der Waals surface area contributed by atoms with E-state index in [1.54, 1.807) is 14.2 Å². The van der Waals surface area contributed by atoms with E-state index in [1.165, 1.54) is 11.1 Å². The second-order valence-electron chi connectivity index (χ2n) is 8.15. The van der Waals surface area contributed by atoms with Crippen LogP contribution in [0, 0.1) is 5.92 Å². The van der Waals surface area contributed by atoms with Gasteiger partial charge in [-0.3, -0.25) is 14.4 Å². The van der Waals surface area contributed by atoms with Crippen molar-refractivity contribution in [1.82, 2.24) is 14.9 Å². The van der Waals surface area contributed by atoms with E-state index in [-0.39, 0.29) is 37.1 Å². The summed E-state index contributed by atoms with van der Waals surface area (Å²) in [6, 6.07) is 8.57. The number of aromatic amines is 1. The molecule has 1 aromatic heterocycles. The Morgan fingerprint density at radius 1 is 1.09 bits per heavy atom. The maximum atomic E-state index is 13.3. The molecule has 2 rings (SSSR count). The number of ketones is 1. The predicted octanol–water partition coefficient (Wildman–Crippen LogP) is 0.292. The van der Waals surface area contributed by atoms with Gasteiger partial charge in [-0.25, -0.2) is 4.98 Å². The van der Waals surface area contributed by atoms with Crippen molar-refractivity contribution in [3.8, 4) is 0 Å². The number of carbonyl (C=O) groups is 3. The monoisotopic (exact) mass is 489 g/mol. The lowest BCUT2D eigenvalue weighted by Gasteiger charge is -2.21. The third-order valence-electron chi connectivity index (χ3n) is 5.37. The van der Waals surface area contributed by atoms with E-state index < -0.39 is 17.9 Å². The number of Topliss-reactive ketones (excluding diaryl/α,β-unsaturated/α-hetero) is 1. The number of aromatic nitrogens is 2. The number of carbonyl (C=O) groups excluding carboxylic acids is 3. The van der Waals surface area contributed by atoms with Crippen LogP contribution < -0.4 is 11.5 Å². The fraction of sp³-hybridized carbons (Fsp3) is 0.500. The van der Waals surface area contributed by atoms with Gasteiger partial charge in [0.15, 0.2) is 5.82 Å². The summed E-state index contributed by atoms with van der Waals surface area (Å²) in [7, 11) is 3.25. The maximum absolute atomic E-state index is 13.3. The number of hydrogen-bond acceptors (Lipinski definition) is 8. The Morgan fingerprint density at radius 2 is 1.80 bits per heavy atom. The molecule has 0 fully saturated rings. The molecule has 0 aliphatic heterocycles. The minimum atomic E-state index is -0.899. The molecule has 11 nitrogen and oxygen atoms in total. The van der Waals surface area contributed by atoms with Crippen molar-refractivity contribution < 1.29 is 28.6 Å². The molecule has 0 saturated carbocycles. The smallest absolute Gasteiger partial charge is 0.234 e. The van der Waals surface area contributed by atoms with Crippen molar-refractivity contribution >= 4 is 17.6 Å². The quantitative estimate of drug-likeness (QED) is 0.162. The van der Waals surface area contributed by atoms with Crippen LogP contribution in [0.3, 0.4) is 0 Å². The molecule has 11 heteroatoms. The molecule has 0 aliphatic carbocycles. The number of nitrogens with zero attached hydrogens (tertiary/aromatic N) is 2. The number of amides is 2. The zero-order valence-corrected chi connectivity index (χ0v) is 20.3. The van der Waals surface area contributed by atoms with E-state index in [2.05, 4.69) is 9.97 Å². The standard InChI is InChI=1S/C24H35N5O6/c1-29(8-9-34-16-35-11-10-33-2)21(30)13-18(12-17-6-4-3-5-7-17)22(31)24-27-15-19(28-24)14-20(25)23(26)32/h3-7,15,18,20H,8-14,16,25H2,1-2H3,(H2,26,32)(H,27,28). The summed E-state index contributed by atoms with van der Waals surface area (Å²) in [5.74, 6) is -1.65. The van der Waals surface area contributed by atoms with E-state index in [9.17, 15) is 14.4 Å². The fourth-order valence-electron chi connectivity index (χ4n) is 3.28. The highest BCUT2D eigenvalue weighted by Crippen LogP contribution is 2.18. The van der Waals surface area contributed by atoms with Gasteiger partial charge in [0.05, 0.1) is 31.6 Å². The summed E-state index contributed by atoms with van der Waals surface area (Å²) in [5, 5.41) is 0. The topological polar surface area (TPSA) is 163 Å². The summed E-state index contributed by atoms with van der Waals surface area (Å²) >= 11 is 0. The lowest BCUT2D eigenvalue weighted by atomic mass is 9.91. The Labute approximate surface area is 205 Å². The van der Waals surface area contributed by atoms with Crippen molar-refractivity contribution in [2.24, 2.45) is 17.4 Å². The molecule has 0 aliphatic rings. The number of hydrogen-bond donors (Lipinski definition) is 3. The van der Waals surface area contributed by atoms with E-state index in [0.717, 1.165) is 5.56 Å². The third-order valence-corrected chi connectivity index (χ3v) is 5.37. The number of likely N-dealkylation sites (N-methyl/N-ethyl adjacent to an activating group) is 1. The van der Waals surface area contributed by atoms with Crippen LogP contribution in [0.15, 0.2) is 36.5 Å². The van der Waals surface area contributed by atoms with E-state index in [4.69, 9.17) is 25.7 Å². The second kappa shape index (κ2) is 15.0. The van der Waals surface area contributed by atoms with Crippen LogP contribution in [0.1, 0.15) is 28.3 Å². The van der Waals surface area contributed by atoms with Gasteiger partial charge in [0, 0.05) is 45.7 Å². The number of nitrogens with one attached hydrogen (secondary N) is 1. The van der Waals surface area contributed by atoms with Gasteiger partial charge >= 0.3 is 0 Å². The first-order chi connectivity index (χ1) is 16.8. The number of rotatable bonds is 17. The predicted molar refractivity (Wildman–Crippen MR) is 128 cm³/mol. The molecule has 192 valence electrons. The first-order valence-corrected chi connectivity index (χ1v) is 11.4. The number of ether oxygens (including phenoxy) is 3. The summed E-state index contributed by atoms with van der Waals surface area (Å²) in [6.07, 6.45) is 2.01. The molecule has 35 heavy (non-hydrogen) atoms. The van der Waals surface area contributed by atoms with Crippen LogP contribution >= 0.6 is 0 Å².